The highest BCUT2D eigenvalue weighted by Crippen LogP contribution is 2.24. The summed E-state index contributed by atoms with van der Waals surface area (Å²) in [5.74, 6) is -0.274. The number of aliphatic hydroxyl groups excluding tert-OH is 2. The molecule has 0 aromatic heterocycles. The fraction of sp³-hybridized carbons (Fsp3) is 0. The maximum atomic E-state index is 9.77. The van der Waals surface area contributed by atoms with Crippen molar-refractivity contribution >= 4 is 23.5 Å². The fourth-order valence-corrected chi connectivity index (χ4v) is 2.73. The van der Waals surface area contributed by atoms with Crippen LogP contribution in [0.4, 0.5) is 0 Å². The zero-order chi connectivity index (χ0) is 14.2. The Hall–Kier alpha value is -1.78. The van der Waals surface area contributed by atoms with E-state index in [-0.39, 0.29) is 11.5 Å². The molecule has 0 spiro atoms. The molecule has 0 amide bonds. The Kier molecular flexibility index (Phi) is 5.65. The summed E-state index contributed by atoms with van der Waals surface area (Å²) in [6.07, 6.45) is 0. The summed E-state index contributed by atoms with van der Waals surface area (Å²) in [4.78, 5) is 2.00. The molecule has 0 atom stereocenters. The molecule has 2 aromatic rings. The van der Waals surface area contributed by atoms with Crippen molar-refractivity contribution in [2.75, 3.05) is 0 Å². The lowest BCUT2D eigenvalue weighted by molar-refractivity contribution is 0.329. The molecule has 0 aliphatic carbocycles. The summed E-state index contributed by atoms with van der Waals surface area (Å²) < 4.78 is 0. The van der Waals surface area contributed by atoms with Gasteiger partial charge in [-0.3, -0.25) is 0 Å². The van der Waals surface area contributed by atoms with Gasteiger partial charge in [-0.05, 0) is 24.3 Å². The molecule has 2 N–H and O–H groups in total. The maximum absolute atomic E-state index is 9.77. The van der Waals surface area contributed by atoms with E-state index >= 15 is 0 Å². The minimum atomic E-state index is -0.137. The molecule has 102 valence electrons. The first-order valence-corrected chi connectivity index (χ1v) is 7.73. The van der Waals surface area contributed by atoms with Gasteiger partial charge in [-0.25, -0.2) is 0 Å². The molecule has 0 saturated carbocycles. The van der Waals surface area contributed by atoms with Gasteiger partial charge < -0.3 is 10.2 Å². The van der Waals surface area contributed by atoms with E-state index in [4.69, 9.17) is 0 Å². The van der Waals surface area contributed by atoms with Gasteiger partial charge in [0.2, 0.25) is 0 Å². The third kappa shape index (κ3) is 4.72. The van der Waals surface area contributed by atoms with E-state index in [2.05, 4.69) is 0 Å². The third-order valence-corrected chi connectivity index (χ3v) is 4.13. The number of hydrogen-bond donors (Lipinski definition) is 2. The molecule has 4 heteroatoms. The summed E-state index contributed by atoms with van der Waals surface area (Å²) in [5, 5.41) is 22.6. The van der Waals surface area contributed by atoms with Gasteiger partial charge in [-0.1, -0.05) is 59.9 Å². The standard InChI is InChI=1S/C16H14O2S2/c17-15(11-19-13-7-3-1-4-8-13)16(18)12-20-14-9-5-2-6-10-14/h1-12,17-18H/b15-11+,16-12+. The molecule has 2 nitrogen and oxygen atoms in total. The average molecular weight is 302 g/mol. The molecule has 0 saturated heterocycles. The Labute approximate surface area is 126 Å². The van der Waals surface area contributed by atoms with Gasteiger partial charge >= 0.3 is 0 Å². The molecule has 0 radical (unpaired) electrons. The van der Waals surface area contributed by atoms with Gasteiger partial charge in [0.1, 0.15) is 0 Å². The van der Waals surface area contributed by atoms with Gasteiger partial charge in [0, 0.05) is 20.6 Å². The van der Waals surface area contributed by atoms with Crippen LogP contribution in [0.5, 0.6) is 0 Å². The third-order valence-electron chi connectivity index (χ3n) is 2.36. The van der Waals surface area contributed by atoms with Gasteiger partial charge in [0.05, 0.1) is 0 Å². The first-order valence-electron chi connectivity index (χ1n) is 5.98. The molecule has 2 aromatic carbocycles. The number of thioether (sulfide) groups is 2. The summed E-state index contributed by atoms with van der Waals surface area (Å²) >= 11 is 2.71. The van der Waals surface area contributed by atoms with Gasteiger partial charge in [0.15, 0.2) is 11.5 Å². The summed E-state index contributed by atoms with van der Waals surface area (Å²) in [5.41, 5.74) is 0. The Morgan fingerprint density at radius 3 is 1.35 bits per heavy atom. The molecule has 0 unspecified atom stereocenters. The largest absolute Gasteiger partial charge is 0.504 e. The molecule has 0 bridgehead atoms. The van der Waals surface area contributed by atoms with E-state index in [1.807, 2.05) is 60.7 Å². The van der Waals surface area contributed by atoms with Crippen molar-refractivity contribution in [1.82, 2.24) is 0 Å². The van der Waals surface area contributed by atoms with E-state index in [9.17, 15) is 10.2 Å². The predicted molar refractivity (Wildman–Crippen MR) is 86.0 cm³/mol. The van der Waals surface area contributed by atoms with E-state index in [1.54, 1.807) is 0 Å². The number of aliphatic hydroxyl groups is 2. The molecule has 0 aliphatic rings. The summed E-state index contributed by atoms with van der Waals surface area (Å²) in [6.45, 7) is 0. The fourth-order valence-electron chi connectivity index (χ4n) is 1.37. The van der Waals surface area contributed by atoms with E-state index < -0.39 is 0 Å². The molecule has 0 aliphatic heterocycles. The molecule has 20 heavy (non-hydrogen) atoms. The first-order chi connectivity index (χ1) is 9.75. The lowest BCUT2D eigenvalue weighted by Crippen LogP contribution is -1.85. The van der Waals surface area contributed by atoms with E-state index in [0.717, 1.165) is 9.79 Å². The second-order valence-electron chi connectivity index (χ2n) is 3.87. The van der Waals surface area contributed by atoms with Crippen LogP contribution in [0.25, 0.3) is 0 Å². The van der Waals surface area contributed by atoms with Crippen LogP contribution < -0.4 is 0 Å². The Morgan fingerprint density at radius 1 is 0.650 bits per heavy atom. The van der Waals surface area contributed by atoms with E-state index in [0.29, 0.717) is 0 Å². The van der Waals surface area contributed by atoms with Crippen LogP contribution in [0.2, 0.25) is 0 Å². The minimum absolute atomic E-state index is 0.137. The maximum Gasteiger partial charge on any atom is 0.164 e. The van der Waals surface area contributed by atoms with Crippen LogP contribution >= 0.6 is 23.5 Å². The summed E-state index contributed by atoms with van der Waals surface area (Å²) in [7, 11) is 0. The molecule has 0 heterocycles. The second kappa shape index (κ2) is 7.72. The zero-order valence-corrected chi connectivity index (χ0v) is 12.3. The SMILES string of the molecule is OC(=C/Sc1ccccc1)/C(O)=C\Sc1ccccc1. The summed E-state index contributed by atoms with van der Waals surface area (Å²) in [6, 6.07) is 19.3. The second-order valence-corrected chi connectivity index (χ2v) is 5.75. The highest BCUT2D eigenvalue weighted by atomic mass is 32.2. The number of rotatable bonds is 5. The smallest absolute Gasteiger partial charge is 0.164 e. The Balaban J connectivity index is 1.95. The van der Waals surface area contributed by atoms with Crippen molar-refractivity contribution in [2.45, 2.75) is 9.79 Å². The normalized spacial score (nSPS) is 12.4. The molecular formula is C16H14O2S2. The topological polar surface area (TPSA) is 40.5 Å². The van der Waals surface area contributed by atoms with Crippen molar-refractivity contribution in [3.8, 4) is 0 Å². The first kappa shape index (κ1) is 14.6. The highest BCUT2D eigenvalue weighted by molar-refractivity contribution is 8.02. The lowest BCUT2D eigenvalue weighted by Gasteiger charge is -2.00. The average Bonchev–Trinajstić information content (AvgIpc) is 2.52. The predicted octanol–water partition coefficient (Wildman–Crippen LogP) is 5.37. The van der Waals surface area contributed by atoms with Crippen molar-refractivity contribution < 1.29 is 10.2 Å². The van der Waals surface area contributed by atoms with E-state index in [1.165, 1.54) is 34.3 Å². The monoisotopic (exact) mass is 302 g/mol. The molecule has 2 rings (SSSR count). The number of hydrogen-bond acceptors (Lipinski definition) is 4. The minimum Gasteiger partial charge on any atom is -0.504 e. The quantitative estimate of drug-likeness (QED) is 0.442. The number of benzene rings is 2. The Morgan fingerprint density at radius 2 is 1.00 bits per heavy atom. The lowest BCUT2D eigenvalue weighted by atomic mass is 10.4. The van der Waals surface area contributed by atoms with Crippen molar-refractivity contribution in [2.24, 2.45) is 0 Å². The zero-order valence-electron chi connectivity index (χ0n) is 10.6. The van der Waals surface area contributed by atoms with Gasteiger partial charge in [-0.2, -0.15) is 0 Å². The van der Waals surface area contributed by atoms with Crippen molar-refractivity contribution in [1.29, 1.82) is 0 Å². The van der Waals surface area contributed by atoms with Crippen LogP contribution in [0.1, 0.15) is 0 Å². The van der Waals surface area contributed by atoms with Gasteiger partial charge in [-0.15, -0.1) is 0 Å². The van der Waals surface area contributed by atoms with Crippen molar-refractivity contribution in [3.63, 3.8) is 0 Å². The van der Waals surface area contributed by atoms with Crippen molar-refractivity contribution in [3.05, 3.63) is 83.0 Å². The van der Waals surface area contributed by atoms with Crippen LogP contribution in [0.3, 0.4) is 0 Å². The van der Waals surface area contributed by atoms with Crippen LogP contribution in [0.15, 0.2) is 92.8 Å². The van der Waals surface area contributed by atoms with Gasteiger partial charge in [0.25, 0.3) is 0 Å². The van der Waals surface area contributed by atoms with Crippen LogP contribution in [-0.4, -0.2) is 10.2 Å². The van der Waals surface area contributed by atoms with Crippen LogP contribution in [-0.2, 0) is 0 Å². The van der Waals surface area contributed by atoms with Crippen LogP contribution in [0, 0.1) is 0 Å². The molecular weight excluding hydrogens is 288 g/mol. The molecule has 0 fully saturated rings. The highest BCUT2D eigenvalue weighted by Gasteiger charge is 2.01. The Bertz CT molecular complexity index is 537.